The van der Waals surface area contributed by atoms with Crippen LogP contribution in [0.15, 0.2) is 67.0 Å². The van der Waals surface area contributed by atoms with Crippen molar-refractivity contribution in [2.75, 3.05) is 11.1 Å². The van der Waals surface area contributed by atoms with Gasteiger partial charge in [-0.3, -0.25) is 4.40 Å². The fourth-order valence-corrected chi connectivity index (χ4v) is 4.44. The maximum atomic E-state index is 15.9. The number of para-hydroxylation sites is 1. The highest BCUT2D eigenvalue weighted by Crippen LogP contribution is 2.40. The van der Waals surface area contributed by atoms with E-state index >= 15 is 4.39 Å². The summed E-state index contributed by atoms with van der Waals surface area (Å²) in [5.74, 6) is 1.20. The second kappa shape index (κ2) is 7.53. The molecule has 0 spiro atoms. The molecule has 5 aromatic rings. The number of imidazole rings is 1. The number of anilines is 3. The van der Waals surface area contributed by atoms with Crippen molar-refractivity contribution in [1.82, 2.24) is 19.4 Å². The van der Waals surface area contributed by atoms with Crippen molar-refractivity contribution in [3.8, 4) is 11.3 Å². The number of pyridine rings is 1. The number of aromatic nitrogens is 4. The number of benzene rings is 2. The summed E-state index contributed by atoms with van der Waals surface area (Å²) in [4.78, 5) is 13.5. The molecule has 33 heavy (non-hydrogen) atoms. The minimum Gasteiger partial charge on any atom is -0.393 e. The molecule has 0 unspecified atom stereocenters. The Kier molecular flexibility index (Phi) is 4.48. The van der Waals surface area contributed by atoms with Crippen LogP contribution in [-0.2, 0) is 0 Å². The summed E-state index contributed by atoms with van der Waals surface area (Å²) in [6, 6.07) is 16.8. The molecule has 0 aliphatic heterocycles. The van der Waals surface area contributed by atoms with Gasteiger partial charge in [-0.25, -0.2) is 19.3 Å². The average molecular weight is 440 g/mol. The number of nitrogens with two attached hydrogens (primary N) is 1. The number of rotatable bonds is 4. The van der Waals surface area contributed by atoms with Crippen LogP contribution in [0.4, 0.5) is 21.7 Å². The first kappa shape index (κ1) is 19.6. The Labute approximate surface area is 188 Å². The number of fused-ring (bicyclic) bond motifs is 2. The predicted octanol–water partition coefficient (Wildman–Crippen LogP) is 4.65. The minimum atomic E-state index is -0.465. The van der Waals surface area contributed by atoms with Gasteiger partial charge in [-0.1, -0.05) is 24.3 Å². The third-order valence-corrected chi connectivity index (χ3v) is 6.19. The second-order valence-electron chi connectivity index (χ2n) is 8.36. The molecule has 0 bridgehead atoms. The zero-order valence-electron chi connectivity index (χ0n) is 17.6. The van der Waals surface area contributed by atoms with Gasteiger partial charge in [0.05, 0.1) is 6.10 Å². The van der Waals surface area contributed by atoms with Crippen LogP contribution in [0.25, 0.3) is 27.7 Å². The Hall–Kier alpha value is -4.04. The van der Waals surface area contributed by atoms with Crippen molar-refractivity contribution in [1.29, 1.82) is 0 Å². The number of nitrogens with zero attached hydrogens (tertiary/aromatic N) is 4. The van der Waals surface area contributed by atoms with E-state index in [4.69, 9.17) is 10.7 Å². The molecule has 3 aromatic heterocycles. The lowest BCUT2D eigenvalue weighted by molar-refractivity contribution is 0.0715. The zero-order chi connectivity index (χ0) is 22.5. The standard InChI is InChI=1S/C25H21FN6O/c26-20-18(8-6-14-7-9-19(30-21(14)20)29-16-4-2-1-3-5-16)22-23-24(27)28-10-11-32(23)25(31-22)15-12-17(33)13-15/h1-11,15,17,33H,12-13H2,(H2,27,28)(H,29,30). The molecule has 1 aliphatic carbocycles. The Bertz CT molecular complexity index is 1490. The third-order valence-electron chi connectivity index (χ3n) is 6.19. The molecule has 0 radical (unpaired) electrons. The predicted molar refractivity (Wildman–Crippen MR) is 126 cm³/mol. The van der Waals surface area contributed by atoms with Gasteiger partial charge >= 0.3 is 0 Å². The highest BCUT2D eigenvalue weighted by Gasteiger charge is 2.33. The van der Waals surface area contributed by atoms with Gasteiger partial charge in [-0.05, 0) is 43.2 Å². The molecular formula is C25H21FN6O. The maximum Gasteiger partial charge on any atom is 0.158 e. The molecule has 164 valence electrons. The fourth-order valence-electron chi connectivity index (χ4n) is 4.44. The van der Waals surface area contributed by atoms with Crippen LogP contribution >= 0.6 is 0 Å². The number of nitrogens with one attached hydrogen (secondary N) is 1. The number of halogens is 1. The minimum absolute atomic E-state index is 0.0892. The van der Waals surface area contributed by atoms with E-state index in [1.54, 1.807) is 18.5 Å². The summed E-state index contributed by atoms with van der Waals surface area (Å²) >= 11 is 0. The summed E-state index contributed by atoms with van der Waals surface area (Å²) in [6.45, 7) is 0. The Morgan fingerprint density at radius 2 is 1.82 bits per heavy atom. The van der Waals surface area contributed by atoms with E-state index in [1.165, 1.54) is 0 Å². The molecule has 0 atom stereocenters. The molecule has 3 heterocycles. The van der Waals surface area contributed by atoms with Gasteiger partial charge in [-0.15, -0.1) is 0 Å². The van der Waals surface area contributed by atoms with Crippen LogP contribution in [0, 0.1) is 5.82 Å². The molecular weight excluding hydrogens is 419 g/mol. The molecule has 8 heteroatoms. The molecule has 4 N–H and O–H groups in total. The average Bonchev–Trinajstić information content (AvgIpc) is 3.18. The van der Waals surface area contributed by atoms with Gasteiger partial charge in [0.2, 0.25) is 0 Å². The molecule has 1 aliphatic rings. The second-order valence-corrected chi connectivity index (χ2v) is 8.36. The van der Waals surface area contributed by atoms with E-state index in [-0.39, 0.29) is 23.4 Å². The van der Waals surface area contributed by atoms with Crippen LogP contribution < -0.4 is 11.1 Å². The number of aliphatic hydroxyl groups excluding tert-OH is 1. The molecule has 2 aromatic carbocycles. The number of hydrogen-bond donors (Lipinski definition) is 3. The smallest absolute Gasteiger partial charge is 0.158 e. The summed E-state index contributed by atoms with van der Waals surface area (Å²) in [7, 11) is 0. The molecule has 6 rings (SSSR count). The highest BCUT2D eigenvalue weighted by atomic mass is 19.1. The first-order chi connectivity index (χ1) is 16.1. The van der Waals surface area contributed by atoms with Crippen LogP contribution in [0.2, 0.25) is 0 Å². The lowest BCUT2D eigenvalue weighted by atomic mass is 9.82. The van der Waals surface area contributed by atoms with Crippen molar-refractivity contribution in [2.24, 2.45) is 0 Å². The van der Waals surface area contributed by atoms with E-state index in [2.05, 4.69) is 15.3 Å². The lowest BCUT2D eigenvalue weighted by Gasteiger charge is -2.30. The molecule has 1 saturated carbocycles. The Morgan fingerprint density at radius 1 is 1.03 bits per heavy atom. The fraction of sp³-hybridized carbons (Fsp3) is 0.160. The third kappa shape index (κ3) is 3.27. The van der Waals surface area contributed by atoms with Gasteiger partial charge in [0.15, 0.2) is 5.82 Å². The van der Waals surface area contributed by atoms with E-state index in [0.29, 0.717) is 40.8 Å². The Balaban J connectivity index is 1.49. The zero-order valence-corrected chi connectivity index (χ0v) is 17.6. The van der Waals surface area contributed by atoms with Gasteiger partial charge in [0.1, 0.15) is 34.2 Å². The number of nitrogen functional groups attached to an aromatic ring is 1. The van der Waals surface area contributed by atoms with E-state index in [1.807, 2.05) is 52.9 Å². The monoisotopic (exact) mass is 440 g/mol. The Morgan fingerprint density at radius 3 is 2.61 bits per heavy atom. The molecule has 0 saturated heterocycles. The van der Waals surface area contributed by atoms with Gasteiger partial charge in [0.25, 0.3) is 0 Å². The first-order valence-corrected chi connectivity index (χ1v) is 10.8. The van der Waals surface area contributed by atoms with Gasteiger partial charge in [-0.2, -0.15) is 0 Å². The molecule has 0 amide bonds. The topological polar surface area (TPSA) is 101 Å². The van der Waals surface area contributed by atoms with Crippen LogP contribution in [-0.4, -0.2) is 30.6 Å². The summed E-state index contributed by atoms with van der Waals surface area (Å²) in [5.41, 5.74) is 8.62. The van der Waals surface area contributed by atoms with Crippen molar-refractivity contribution < 1.29 is 9.50 Å². The van der Waals surface area contributed by atoms with Gasteiger partial charge < -0.3 is 16.2 Å². The van der Waals surface area contributed by atoms with Crippen molar-refractivity contribution in [2.45, 2.75) is 24.9 Å². The van der Waals surface area contributed by atoms with Crippen LogP contribution in [0.3, 0.4) is 0 Å². The normalized spacial score (nSPS) is 17.9. The first-order valence-electron chi connectivity index (χ1n) is 10.8. The maximum absolute atomic E-state index is 15.9. The quantitative estimate of drug-likeness (QED) is 0.376. The van der Waals surface area contributed by atoms with Crippen LogP contribution in [0.5, 0.6) is 0 Å². The number of hydrogen-bond acceptors (Lipinski definition) is 6. The van der Waals surface area contributed by atoms with E-state index in [9.17, 15) is 5.11 Å². The van der Waals surface area contributed by atoms with Gasteiger partial charge in [0, 0.05) is 34.9 Å². The highest BCUT2D eigenvalue weighted by molar-refractivity contribution is 5.92. The largest absolute Gasteiger partial charge is 0.393 e. The molecule has 7 nitrogen and oxygen atoms in total. The lowest BCUT2D eigenvalue weighted by Crippen LogP contribution is -2.27. The summed E-state index contributed by atoms with van der Waals surface area (Å²) < 4.78 is 17.7. The van der Waals surface area contributed by atoms with E-state index in [0.717, 1.165) is 11.5 Å². The van der Waals surface area contributed by atoms with Crippen LogP contribution in [0.1, 0.15) is 24.6 Å². The number of aliphatic hydroxyl groups is 1. The van der Waals surface area contributed by atoms with Crippen molar-refractivity contribution in [3.05, 3.63) is 78.6 Å². The van der Waals surface area contributed by atoms with E-state index < -0.39 is 5.82 Å². The van der Waals surface area contributed by atoms with Crippen molar-refractivity contribution >= 4 is 33.7 Å². The van der Waals surface area contributed by atoms with Crippen molar-refractivity contribution in [3.63, 3.8) is 0 Å². The summed E-state index contributed by atoms with van der Waals surface area (Å²) in [5, 5.41) is 13.7. The molecule has 1 fully saturated rings. The SMILES string of the molecule is Nc1nccn2c(C3CC(O)C3)nc(-c3ccc4ccc(Nc5ccccc5)nc4c3F)c12. The summed E-state index contributed by atoms with van der Waals surface area (Å²) in [6.07, 6.45) is 4.30.